The molecule has 0 bridgehead atoms. The highest BCUT2D eigenvalue weighted by Gasteiger charge is 2.14. The van der Waals surface area contributed by atoms with Gasteiger partial charge in [-0.05, 0) is 31.3 Å². The van der Waals surface area contributed by atoms with Crippen LogP contribution in [-0.4, -0.2) is 27.9 Å². The van der Waals surface area contributed by atoms with Crippen molar-refractivity contribution in [2.45, 2.75) is 32.4 Å². The topological polar surface area (TPSA) is 51.0 Å². The molecule has 0 unspecified atom stereocenters. The van der Waals surface area contributed by atoms with E-state index in [0.29, 0.717) is 6.04 Å². The summed E-state index contributed by atoms with van der Waals surface area (Å²) < 4.78 is 4.64. The first-order valence-electron chi connectivity index (χ1n) is 4.95. The number of nitrogens with zero attached hydrogens (tertiary/aromatic N) is 2. The molecule has 0 radical (unpaired) electrons. The van der Waals surface area contributed by atoms with Crippen LogP contribution in [0.4, 0.5) is 0 Å². The Morgan fingerprint density at radius 2 is 2.21 bits per heavy atom. The fourth-order valence-corrected chi connectivity index (χ4v) is 2.66. The largest absolute Gasteiger partial charge is 0.308 e. The molecule has 1 aromatic heterocycles. The summed E-state index contributed by atoms with van der Waals surface area (Å²) in [4.78, 5) is 0. The van der Waals surface area contributed by atoms with Crippen LogP contribution in [0.25, 0.3) is 0 Å². The lowest BCUT2D eigenvalue weighted by Gasteiger charge is -2.21. The second-order valence-corrected chi connectivity index (χ2v) is 4.79. The molecule has 1 fully saturated rings. The number of aromatic nitrogens is 2. The van der Waals surface area contributed by atoms with E-state index in [1.54, 1.807) is 0 Å². The molecule has 1 saturated heterocycles. The lowest BCUT2D eigenvalue weighted by molar-refractivity contribution is 0.299. The Balaban J connectivity index is 1.79. The minimum Gasteiger partial charge on any atom is -0.308 e. The number of hydrogen-bond donors (Lipinski definition) is 1. The summed E-state index contributed by atoms with van der Waals surface area (Å²) in [6.45, 7) is 2.70. The van der Waals surface area contributed by atoms with Gasteiger partial charge in [-0.25, -0.2) is 4.63 Å². The molecule has 2 rings (SSSR count). The molecule has 5 heteroatoms. The van der Waals surface area contributed by atoms with Gasteiger partial charge in [0.05, 0.1) is 0 Å². The maximum atomic E-state index is 4.64. The van der Waals surface area contributed by atoms with Crippen LogP contribution in [0, 0.1) is 6.92 Å². The third-order valence-corrected chi connectivity index (χ3v) is 3.57. The molecule has 0 aromatic carbocycles. The Kier molecular flexibility index (Phi) is 3.42. The summed E-state index contributed by atoms with van der Waals surface area (Å²) in [7, 11) is 0. The molecule has 2 heterocycles. The second-order valence-electron chi connectivity index (χ2n) is 3.56. The summed E-state index contributed by atoms with van der Waals surface area (Å²) in [6.07, 6.45) is 2.52. The van der Waals surface area contributed by atoms with Crippen molar-refractivity contribution in [3.63, 3.8) is 0 Å². The molecule has 14 heavy (non-hydrogen) atoms. The first-order chi connectivity index (χ1) is 6.86. The molecule has 1 aromatic rings. The standard InChI is InChI=1S/C9H15N3OS/c1-7-9(12-13-11-7)6-10-8-2-4-14-5-3-8/h8,10H,2-6H2,1H3. The fraction of sp³-hybridized carbons (Fsp3) is 0.778. The number of aryl methyl sites for hydroxylation is 1. The van der Waals surface area contributed by atoms with Crippen LogP contribution in [0.2, 0.25) is 0 Å². The van der Waals surface area contributed by atoms with Crippen LogP contribution >= 0.6 is 11.8 Å². The highest BCUT2D eigenvalue weighted by Crippen LogP contribution is 2.17. The smallest absolute Gasteiger partial charge is 0.121 e. The number of rotatable bonds is 3. The van der Waals surface area contributed by atoms with E-state index in [2.05, 4.69) is 20.3 Å². The molecule has 0 saturated carbocycles. The summed E-state index contributed by atoms with van der Waals surface area (Å²) in [6, 6.07) is 0.646. The first-order valence-corrected chi connectivity index (χ1v) is 6.11. The molecule has 0 aliphatic carbocycles. The van der Waals surface area contributed by atoms with Gasteiger partial charge < -0.3 is 5.32 Å². The third kappa shape index (κ3) is 2.48. The molecular weight excluding hydrogens is 198 g/mol. The van der Waals surface area contributed by atoms with E-state index < -0.39 is 0 Å². The van der Waals surface area contributed by atoms with Crippen LogP contribution < -0.4 is 5.32 Å². The first kappa shape index (κ1) is 9.98. The zero-order valence-electron chi connectivity index (χ0n) is 8.32. The average molecular weight is 213 g/mol. The molecule has 0 amide bonds. The van der Waals surface area contributed by atoms with Crippen molar-refractivity contribution in [2.75, 3.05) is 11.5 Å². The van der Waals surface area contributed by atoms with Gasteiger partial charge in [-0.1, -0.05) is 10.3 Å². The van der Waals surface area contributed by atoms with E-state index in [0.717, 1.165) is 17.9 Å². The second kappa shape index (κ2) is 4.79. The third-order valence-electron chi connectivity index (χ3n) is 2.53. The van der Waals surface area contributed by atoms with Crippen molar-refractivity contribution in [1.82, 2.24) is 15.6 Å². The van der Waals surface area contributed by atoms with Gasteiger partial charge in [0.25, 0.3) is 0 Å². The van der Waals surface area contributed by atoms with Gasteiger partial charge in [-0.2, -0.15) is 11.8 Å². The predicted molar refractivity (Wildman–Crippen MR) is 56.2 cm³/mol. The van der Waals surface area contributed by atoms with Crippen molar-refractivity contribution in [3.05, 3.63) is 11.4 Å². The van der Waals surface area contributed by atoms with E-state index >= 15 is 0 Å². The van der Waals surface area contributed by atoms with Crippen LogP contribution in [-0.2, 0) is 6.54 Å². The van der Waals surface area contributed by atoms with Gasteiger partial charge in [0.2, 0.25) is 0 Å². The lowest BCUT2D eigenvalue weighted by atomic mass is 10.1. The molecule has 1 aliphatic heterocycles. The maximum absolute atomic E-state index is 4.64. The lowest BCUT2D eigenvalue weighted by Crippen LogP contribution is -2.32. The Bertz CT molecular complexity index is 283. The number of thioether (sulfide) groups is 1. The molecule has 0 spiro atoms. The summed E-state index contributed by atoms with van der Waals surface area (Å²) in [5.41, 5.74) is 1.82. The van der Waals surface area contributed by atoms with Gasteiger partial charge >= 0.3 is 0 Å². The Hall–Kier alpha value is -0.550. The van der Waals surface area contributed by atoms with Crippen molar-refractivity contribution in [3.8, 4) is 0 Å². The molecule has 0 atom stereocenters. The Labute approximate surface area is 87.8 Å². The Morgan fingerprint density at radius 3 is 2.86 bits per heavy atom. The molecule has 1 N–H and O–H groups in total. The predicted octanol–water partition coefficient (Wildman–Crippen LogP) is 1.36. The van der Waals surface area contributed by atoms with E-state index in [1.165, 1.54) is 24.3 Å². The van der Waals surface area contributed by atoms with Crippen LogP contribution in [0.5, 0.6) is 0 Å². The number of nitrogens with one attached hydrogen (secondary N) is 1. The van der Waals surface area contributed by atoms with Crippen molar-refractivity contribution in [2.24, 2.45) is 0 Å². The van der Waals surface area contributed by atoms with E-state index in [9.17, 15) is 0 Å². The van der Waals surface area contributed by atoms with E-state index in [1.807, 2.05) is 18.7 Å². The number of hydrogen-bond acceptors (Lipinski definition) is 5. The minimum atomic E-state index is 0.646. The monoisotopic (exact) mass is 213 g/mol. The molecule has 78 valence electrons. The SMILES string of the molecule is Cc1nonc1CNC1CCSCC1. The normalized spacial score (nSPS) is 18.6. The van der Waals surface area contributed by atoms with Crippen LogP contribution in [0.3, 0.4) is 0 Å². The summed E-state index contributed by atoms with van der Waals surface area (Å²) in [5, 5.41) is 11.1. The van der Waals surface area contributed by atoms with Crippen molar-refractivity contribution >= 4 is 11.8 Å². The fourth-order valence-electron chi connectivity index (χ4n) is 1.55. The highest BCUT2D eigenvalue weighted by molar-refractivity contribution is 7.99. The molecule has 1 aliphatic rings. The van der Waals surface area contributed by atoms with E-state index in [4.69, 9.17) is 0 Å². The summed E-state index contributed by atoms with van der Waals surface area (Å²) in [5.74, 6) is 2.54. The van der Waals surface area contributed by atoms with Gasteiger partial charge in [0, 0.05) is 12.6 Å². The van der Waals surface area contributed by atoms with Crippen LogP contribution in [0.15, 0.2) is 4.63 Å². The zero-order valence-corrected chi connectivity index (χ0v) is 9.14. The highest BCUT2D eigenvalue weighted by atomic mass is 32.2. The maximum Gasteiger partial charge on any atom is 0.121 e. The Morgan fingerprint density at radius 1 is 1.43 bits per heavy atom. The van der Waals surface area contributed by atoms with Crippen molar-refractivity contribution in [1.29, 1.82) is 0 Å². The minimum absolute atomic E-state index is 0.646. The van der Waals surface area contributed by atoms with E-state index in [-0.39, 0.29) is 0 Å². The zero-order chi connectivity index (χ0) is 9.80. The average Bonchev–Trinajstić information content (AvgIpc) is 2.63. The van der Waals surface area contributed by atoms with Gasteiger partial charge in [0.1, 0.15) is 11.4 Å². The van der Waals surface area contributed by atoms with Gasteiger partial charge in [-0.15, -0.1) is 0 Å². The quantitative estimate of drug-likeness (QED) is 0.821. The molecular formula is C9H15N3OS. The summed E-state index contributed by atoms with van der Waals surface area (Å²) >= 11 is 2.04. The molecule has 4 nitrogen and oxygen atoms in total. The van der Waals surface area contributed by atoms with Gasteiger partial charge in [0.15, 0.2) is 0 Å². The van der Waals surface area contributed by atoms with Crippen molar-refractivity contribution < 1.29 is 4.63 Å². The van der Waals surface area contributed by atoms with Crippen LogP contribution in [0.1, 0.15) is 24.2 Å². The van der Waals surface area contributed by atoms with Gasteiger partial charge in [-0.3, -0.25) is 0 Å².